The van der Waals surface area contributed by atoms with Crippen molar-refractivity contribution in [2.45, 2.75) is 12.8 Å². The molecule has 0 saturated carbocycles. The number of hydrogen-bond donors (Lipinski definition) is 2. The molecule has 2 aromatic carbocycles. The van der Waals surface area contributed by atoms with Gasteiger partial charge in [-0.1, -0.05) is 24.3 Å². The van der Waals surface area contributed by atoms with E-state index in [1.54, 1.807) is 24.5 Å². The number of thiophene rings is 1. The number of aromatic nitrogens is 2. The first-order chi connectivity index (χ1) is 15.1. The molecule has 31 heavy (non-hydrogen) atoms. The van der Waals surface area contributed by atoms with Crippen molar-refractivity contribution in [3.8, 4) is 16.5 Å². The minimum Gasteiger partial charge on any atom is -0.452 e. The van der Waals surface area contributed by atoms with Gasteiger partial charge in [-0.05, 0) is 47.7 Å². The molecule has 7 nitrogen and oxygen atoms in total. The number of carbonyl (C=O) groups is 2. The summed E-state index contributed by atoms with van der Waals surface area (Å²) in [7, 11) is 0. The van der Waals surface area contributed by atoms with Crippen molar-refractivity contribution in [2.75, 3.05) is 11.9 Å². The van der Waals surface area contributed by atoms with Crippen molar-refractivity contribution in [2.24, 2.45) is 0 Å². The highest BCUT2D eigenvalue weighted by Crippen LogP contribution is 2.44. The Morgan fingerprint density at radius 3 is 2.97 bits per heavy atom. The largest absolute Gasteiger partial charge is 0.452 e. The SMILES string of the molecule is N#Cc1c(NC(=O)COC(=O)c2ccc3nc[nH]c3c2)sc2c1CCc1ccccc1-2. The number of carbonyl (C=O) groups excluding carboxylic acids is 2. The Morgan fingerprint density at radius 2 is 2.10 bits per heavy atom. The Labute approximate surface area is 181 Å². The van der Waals surface area contributed by atoms with Crippen LogP contribution in [0.3, 0.4) is 0 Å². The van der Waals surface area contributed by atoms with Gasteiger partial charge in [-0.3, -0.25) is 4.79 Å². The summed E-state index contributed by atoms with van der Waals surface area (Å²) in [4.78, 5) is 32.8. The first-order valence-corrected chi connectivity index (χ1v) is 10.5. The first-order valence-electron chi connectivity index (χ1n) is 9.68. The summed E-state index contributed by atoms with van der Waals surface area (Å²) in [6.07, 6.45) is 3.16. The molecule has 0 saturated heterocycles. The number of nitriles is 1. The van der Waals surface area contributed by atoms with Crippen molar-refractivity contribution >= 4 is 39.2 Å². The number of esters is 1. The summed E-state index contributed by atoms with van der Waals surface area (Å²) in [6.45, 7) is -0.441. The summed E-state index contributed by atoms with van der Waals surface area (Å²) in [6, 6.07) is 15.2. The lowest BCUT2D eigenvalue weighted by molar-refractivity contribution is -0.119. The Kier molecular flexibility index (Phi) is 4.73. The molecule has 2 heterocycles. The number of aromatic amines is 1. The van der Waals surface area contributed by atoms with Crippen LogP contribution >= 0.6 is 11.3 Å². The van der Waals surface area contributed by atoms with Crippen LogP contribution in [0.15, 0.2) is 48.8 Å². The van der Waals surface area contributed by atoms with E-state index in [1.807, 2.05) is 18.2 Å². The zero-order valence-corrected chi connectivity index (χ0v) is 17.1. The molecule has 5 rings (SSSR count). The second-order valence-corrected chi connectivity index (χ2v) is 8.16. The predicted molar refractivity (Wildman–Crippen MR) is 117 cm³/mol. The van der Waals surface area contributed by atoms with Crippen molar-refractivity contribution in [3.05, 3.63) is 71.0 Å². The van der Waals surface area contributed by atoms with E-state index in [0.717, 1.165) is 34.4 Å². The topological polar surface area (TPSA) is 108 Å². The number of rotatable bonds is 4. The third-order valence-corrected chi connectivity index (χ3v) is 6.45. The highest BCUT2D eigenvalue weighted by atomic mass is 32.1. The summed E-state index contributed by atoms with van der Waals surface area (Å²) in [5, 5.41) is 12.9. The van der Waals surface area contributed by atoms with E-state index < -0.39 is 18.5 Å². The van der Waals surface area contributed by atoms with Crippen LogP contribution in [0.1, 0.15) is 27.0 Å². The fourth-order valence-electron chi connectivity index (χ4n) is 3.79. The zero-order valence-electron chi connectivity index (χ0n) is 16.3. The Morgan fingerprint density at radius 1 is 1.23 bits per heavy atom. The fraction of sp³-hybridized carbons (Fsp3) is 0.130. The molecular formula is C23H16N4O3S. The maximum absolute atomic E-state index is 12.4. The van der Waals surface area contributed by atoms with Gasteiger partial charge in [0.15, 0.2) is 6.61 Å². The lowest BCUT2D eigenvalue weighted by Crippen LogP contribution is -2.20. The molecule has 2 aromatic heterocycles. The Bertz CT molecular complexity index is 1380. The van der Waals surface area contributed by atoms with Crippen LogP contribution in [0.5, 0.6) is 0 Å². The van der Waals surface area contributed by atoms with Crippen molar-refractivity contribution in [1.82, 2.24) is 9.97 Å². The highest BCUT2D eigenvalue weighted by Gasteiger charge is 2.25. The van der Waals surface area contributed by atoms with E-state index in [4.69, 9.17) is 4.74 Å². The van der Waals surface area contributed by atoms with Crippen LogP contribution in [0.25, 0.3) is 21.5 Å². The van der Waals surface area contributed by atoms with Gasteiger partial charge in [-0.2, -0.15) is 5.26 Å². The third-order valence-electron chi connectivity index (χ3n) is 5.27. The van der Waals surface area contributed by atoms with Gasteiger partial charge in [0.05, 0.1) is 28.5 Å². The van der Waals surface area contributed by atoms with Gasteiger partial charge in [-0.15, -0.1) is 11.3 Å². The molecule has 0 spiro atoms. The standard InChI is InChI=1S/C23H16N4O3S/c24-10-17-16-7-5-13-3-1-2-4-15(13)21(16)31-22(17)27-20(28)11-30-23(29)14-6-8-18-19(9-14)26-12-25-18/h1-4,6,8-9,12H,5,7,11H2,(H,25,26)(H,27,28). The summed E-state index contributed by atoms with van der Waals surface area (Å²) < 4.78 is 5.16. The van der Waals surface area contributed by atoms with E-state index in [9.17, 15) is 14.9 Å². The van der Waals surface area contributed by atoms with Crippen LogP contribution in [-0.2, 0) is 22.4 Å². The molecule has 0 fully saturated rings. The van der Waals surface area contributed by atoms with Crippen molar-refractivity contribution < 1.29 is 14.3 Å². The van der Waals surface area contributed by atoms with Gasteiger partial charge in [0, 0.05) is 4.88 Å². The van der Waals surface area contributed by atoms with E-state index in [0.29, 0.717) is 21.6 Å². The maximum Gasteiger partial charge on any atom is 0.338 e. The number of aryl methyl sites for hydroxylation is 1. The van der Waals surface area contributed by atoms with Gasteiger partial charge in [0.2, 0.25) is 0 Å². The van der Waals surface area contributed by atoms with Gasteiger partial charge in [0.25, 0.3) is 5.91 Å². The van der Waals surface area contributed by atoms with Crippen LogP contribution in [0, 0.1) is 11.3 Å². The molecule has 152 valence electrons. The molecule has 1 amide bonds. The summed E-state index contributed by atoms with van der Waals surface area (Å²) >= 11 is 1.38. The van der Waals surface area contributed by atoms with E-state index >= 15 is 0 Å². The monoisotopic (exact) mass is 428 g/mol. The molecular weight excluding hydrogens is 412 g/mol. The van der Waals surface area contributed by atoms with Crippen molar-refractivity contribution in [3.63, 3.8) is 0 Å². The number of fused-ring (bicyclic) bond motifs is 4. The molecule has 1 aliphatic rings. The second-order valence-electron chi connectivity index (χ2n) is 7.14. The summed E-state index contributed by atoms with van der Waals surface area (Å²) in [5.74, 6) is -1.09. The number of nitrogens with zero attached hydrogens (tertiary/aromatic N) is 2. The lowest BCUT2D eigenvalue weighted by atomic mass is 9.90. The Balaban J connectivity index is 1.30. The normalized spacial score (nSPS) is 12.0. The molecule has 8 heteroatoms. The smallest absolute Gasteiger partial charge is 0.338 e. The third kappa shape index (κ3) is 3.45. The molecule has 2 N–H and O–H groups in total. The van der Waals surface area contributed by atoms with Crippen LogP contribution in [0.2, 0.25) is 0 Å². The quantitative estimate of drug-likeness (QED) is 0.477. The molecule has 0 radical (unpaired) electrons. The van der Waals surface area contributed by atoms with E-state index in [1.165, 1.54) is 16.9 Å². The number of hydrogen-bond acceptors (Lipinski definition) is 6. The number of ether oxygens (including phenoxy) is 1. The number of anilines is 1. The number of benzene rings is 2. The van der Waals surface area contributed by atoms with Crippen molar-refractivity contribution in [1.29, 1.82) is 5.26 Å². The van der Waals surface area contributed by atoms with E-state index in [2.05, 4.69) is 27.4 Å². The zero-order chi connectivity index (χ0) is 21.4. The van der Waals surface area contributed by atoms with Crippen LogP contribution < -0.4 is 5.32 Å². The van der Waals surface area contributed by atoms with Gasteiger partial charge in [-0.25, -0.2) is 9.78 Å². The number of H-pyrrole nitrogens is 1. The lowest BCUT2D eigenvalue weighted by Gasteiger charge is -2.15. The predicted octanol–water partition coefficient (Wildman–Crippen LogP) is 4.06. The molecule has 1 aliphatic carbocycles. The van der Waals surface area contributed by atoms with E-state index in [-0.39, 0.29) is 0 Å². The maximum atomic E-state index is 12.4. The van der Waals surface area contributed by atoms with Crippen LogP contribution in [0.4, 0.5) is 5.00 Å². The molecule has 4 aromatic rings. The number of nitrogens with one attached hydrogen (secondary N) is 2. The number of amides is 1. The summed E-state index contributed by atoms with van der Waals surface area (Å²) in [5.41, 5.74) is 5.56. The molecule has 0 atom stereocenters. The van der Waals surface area contributed by atoms with Gasteiger partial charge in [0.1, 0.15) is 11.1 Å². The van der Waals surface area contributed by atoms with Gasteiger partial charge >= 0.3 is 5.97 Å². The minimum absolute atomic E-state index is 0.324. The highest BCUT2D eigenvalue weighted by molar-refractivity contribution is 7.20. The molecule has 0 bridgehead atoms. The Hall–Kier alpha value is -3.96. The second kappa shape index (κ2) is 7.70. The fourth-order valence-corrected chi connectivity index (χ4v) is 5.06. The average Bonchev–Trinajstić information content (AvgIpc) is 3.40. The number of imidazole rings is 1. The average molecular weight is 428 g/mol. The molecule has 0 unspecified atom stereocenters. The molecule has 0 aliphatic heterocycles. The van der Waals surface area contributed by atoms with Gasteiger partial charge < -0.3 is 15.0 Å². The first kappa shape index (κ1) is 19.0. The minimum atomic E-state index is -0.605. The van der Waals surface area contributed by atoms with Crippen LogP contribution in [-0.4, -0.2) is 28.5 Å².